The predicted molar refractivity (Wildman–Crippen MR) is 81.3 cm³/mol. The van der Waals surface area contributed by atoms with E-state index >= 15 is 0 Å². The second kappa shape index (κ2) is 6.59. The van der Waals surface area contributed by atoms with Crippen molar-refractivity contribution >= 4 is 0 Å². The van der Waals surface area contributed by atoms with Gasteiger partial charge in [0, 0.05) is 6.04 Å². The first-order valence-corrected chi connectivity index (χ1v) is 6.78. The SMILES string of the molecule is COc1cc(C)c(C(N)Cc2ccccc2F)cc1OC. The highest BCUT2D eigenvalue weighted by Gasteiger charge is 2.16. The summed E-state index contributed by atoms with van der Waals surface area (Å²) in [5.41, 5.74) is 8.78. The van der Waals surface area contributed by atoms with Gasteiger partial charge >= 0.3 is 0 Å². The maximum atomic E-state index is 13.7. The number of hydrogen-bond acceptors (Lipinski definition) is 3. The van der Waals surface area contributed by atoms with Crippen molar-refractivity contribution in [2.24, 2.45) is 5.73 Å². The Morgan fingerprint density at radius 3 is 2.33 bits per heavy atom. The van der Waals surface area contributed by atoms with E-state index in [1.165, 1.54) is 6.07 Å². The van der Waals surface area contributed by atoms with Gasteiger partial charge in [0.25, 0.3) is 0 Å². The number of halogens is 1. The summed E-state index contributed by atoms with van der Waals surface area (Å²) < 4.78 is 24.3. The zero-order valence-corrected chi connectivity index (χ0v) is 12.5. The van der Waals surface area contributed by atoms with Gasteiger partial charge in [-0.15, -0.1) is 0 Å². The zero-order valence-electron chi connectivity index (χ0n) is 12.5. The molecule has 0 aliphatic carbocycles. The van der Waals surface area contributed by atoms with Crippen molar-refractivity contribution in [3.05, 3.63) is 58.9 Å². The van der Waals surface area contributed by atoms with Crippen LogP contribution in [0.25, 0.3) is 0 Å². The number of rotatable bonds is 5. The molecule has 3 nitrogen and oxygen atoms in total. The highest BCUT2D eigenvalue weighted by molar-refractivity contribution is 5.48. The lowest BCUT2D eigenvalue weighted by Gasteiger charge is -2.18. The number of nitrogens with two attached hydrogens (primary N) is 1. The van der Waals surface area contributed by atoms with Crippen LogP contribution in [0.4, 0.5) is 4.39 Å². The average Bonchev–Trinajstić information content (AvgIpc) is 2.49. The van der Waals surface area contributed by atoms with Gasteiger partial charge in [0.15, 0.2) is 11.5 Å². The highest BCUT2D eigenvalue weighted by Crippen LogP contribution is 2.33. The molecule has 2 aromatic carbocycles. The summed E-state index contributed by atoms with van der Waals surface area (Å²) in [5, 5.41) is 0. The van der Waals surface area contributed by atoms with Crippen molar-refractivity contribution in [3.63, 3.8) is 0 Å². The molecule has 0 spiro atoms. The summed E-state index contributed by atoms with van der Waals surface area (Å²) in [7, 11) is 3.18. The average molecular weight is 289 g/mol. The minimum absolute atomic E-state index is 0.230. The molecule has 1 atom stereocenters. The van der Waals surface area contributed by atoms with Gasteiger partial charge in [-0.2, -0.15) is 0 Å². The molecule has 21 heavy (non-hydrogen) atoms. The van der Waals surface area contributed by atoms with Crippen LogP contribution in [0.5, 0.6) is 11.5 Å². The van der Waals surface area contributed by atoms with Gasteiger partial charge in [-0.1, -0.05) is 18.2 Å². The van der Waals surface area contributed by atoms with Gasteiger partial charge in [-0.05, 0) is 48.2 Å². The van der Waals surface area contributed by atoms with Crippen LogP contribution in [0.1, 0.15) is 22.7 Å². The molecule has 0 aliphatic heterocycles. The molecule has 1 unspecified atom stereocenters. The van der Waals surface area contributed by atoms with Crippen LogP contribution in [0.2, 0.25) is 0 Å². The number of hydrogen-bond donors (Lipinski definition) is 1. The van der Waals surface area contributed by atoms with Crippen LogP contribution in [-0.4, -0.2) is 14.2 Å². The molecule has 2 rings (SSSR count). The van der Waals surface area contributed by atoms with E-state index in [-0.39, 0.29) is 11.9 Å². The topological polar surface area (TPSA) is 44.5 Å². The number of methoxy groups -OCH3 is 2. The standard InChI is InChI=1S/C17H20FNO2/c1-11-8-16(20-2)17(21-3)10-13(11)15(19)9-12-6-4-5-7-14(12)18/h4-8,10,15H,9,19H2,1-3H3. The lowest BCUT2D eigenvalue weighted by atomic mass is 9.95. The molecule has 0 aromatic heterocycles. The number of aryl methyl sites for hydroxylation is 1. The molecule has 2 aromatic rings. The van der Waals surface area contributed by atoms with Crippen LogP contribution >= 0.6 is 0 Å². The van der Waals surface area contributed by atoms with Gasteiger partial charge in [-0.3, -0.25) is 0 Å². The zero-order chi connectivity index (χ0) is 15.4. The minimum Gasteiger partial charge on any atom is -0.493 e. The molecule has 0 saturated carbocycles. The van der Waals surface area contributed by atoms with E-state index < -0.39 is 0 Å². The first kappa shape index (κ1) is 15.3. The first-order chi connectivity index (χ1) is 10.1. The molecule has 0 radical (unpaired) electrons. The Balaban J connectivity index is 2.31. The summed E-state index contributed by atoms with van der Waals surface area (Å²) in [6, 6.07) is 10.1. The molecule has 0 aliphatic rings. The first-order valence-electron chi connectivity index (χ1n) is 6.78. The Kier molecular flexibility index (Phi) is 4.81. The second-order valence-electron chi connectivity index (χ2n) is 4.97. The van der Waals surface area contributed by atoms with E-state index in [9.17, 15) is 4.39 Å². The lowest BCUT2D eigenvalue weighted by Crippen LogP contribution is -2.15. The monoisotopic (exact) mass is 289 g/mol. The van der Waals surface area contributed by atoms with Crippen LogP contribution in [0.3, 0.4) is 0 Å². The fraction of sp³-hybridized carbons (Fsp3) is 0.294. The van der Waals surface area contributed by atoms with Gasteiger partial charge < -0.3 is 15.2 Å². The number of benzene rings is 2. The Morgan fingerprint density at radius 2 is 1.71 bits per heavy atom. The van der Waals surface area contributed by atoms with Crippen molar-refractivity contribution in [1.82, 2.24) is 0 Å². The fourth-order valence-corrected chi connectivity index (χ4v) is 2.41. The lowest BCUT2D eigenvalue weighted by molar-refractivity contribution is 0.354. The third-order valence-electron chi connectivity index (χ3n) is 3.57. The van der Waals surface area contributed by atoms with Crippen LogP contribution in [0.15, 0.2) is 36.4 Å². The summed E-state index contributed by atoms with van der Waals surface area (Å²) >= 11 is 0. The van der Waals surface area contributed by atoms with E-state index in [1.54, 1.807) is 26.4 Å². The third kappa shape index (κ3) is 3.34. The van der Waals surface area contributed by atoms with Crippen molar-refractivity contribution < 1.29 is 13.9 Å². The molecule has 2 N–H and O–H groups in total. The normalized spacial score (nSPS) is 12.0. The van der Waals surface area contributed by atoms with E-state index in [0.29, 0.717) is 23.5 Å². The quantitative estimate of drug-likeness (QED) is 0.917. The van der Waals surface area contributed by atoms with E-state index in [2.05, 4.69) is 0 Å². The third-order valence-corrected chi connectivity index (χ3v) is 3.57. The smallest absolute Gasteiger partial charge is 0.161 e. The van der Waals surface area contributed by atoms with Crippen molar-refractivity contribution in [3.8, 4) is 11.5 Å². The molecular weight excluding hydrogens is 269 g/mol. The van der Waals surface area contributed by atoms with Crippen molar-refractivity contribution in [2.45, 2.75) is 19.4 Å². The van der Waals surface area contributed by atoms with Crippen LogP contribution in [-0.2, 0) is 6.42 Å². The van der Waals surface area contributed by atoms with Crippen LogP contribution in [0, 0.1) is 12.7 Å². The van der Waals surface area contributed by atoms with E-state index in [4.69, 9.17) is 15.2 Å². The molecule has 0 heterocycles. The second-order valence-corrected chi connectivity index (χ2v) is 4.97. The van der Waals surface area contributed by atoms with Crippen LogP contribution < -0.4 is 15.2 Å². The maximum Gasteiger partial charge on any atom is 0.161 e. The Labute approximate surface area is 124 Å². The van der Waals surface area contributed by atoms with Gasteiger partial charge in [-0.25, -0.2) is 4.39 Å². The Morgan fingerprint density at radius 1 is 1.10 bits per heavy atom. The van der Waals surface area contributed by atoms with E-state index in [0.717, 1.165) is 11.1 Å². The van der Waals surface area contributed by atoms with Gasteiger partial charge in [0.2, 0.25) is 0 Å². The number of ether oxygens (including phenoxy) is 2. The maximum absolute atomic E-state index is 13.7. The summed E-state index contributed by atoms with van der Waals surface area (Å²) in [5.74, 6) is 1.06. The molecule has 0 fully saturated rings. The molecular formula is C17H20FNO2. The summed E-state index contributed by atoms with van der Waals surface area (Å²) in [6.45, 7) is 1.96. The van der Waals surface area contributed by atoms with Crippen molar-refractivity contribution in [1.29, 1.82) is 0 Å². The molecule has 0 saturated heterocycles. The molecule has 112 valence electrons. The van der Waals surface area contributed by atoms with Crippen molar-refractivity contribution in [2.75, 3.05) is 14.2 Å². The Bertz CT molecular complexity index is 628. The molecule has 0 bridgehead atoms. The largest absolute Gasteiger partial charge is 0.493 e. The fourth-order valence-electron chi connectivity index (χ4n) is 2.41. The predicted octanol–water partition coefficient (Wildman–Crippen LogP) is 3.39. The van der Waals surface area contributed by atoms with E-state index in [1.807, 2.05) is 25.1 Å². The molecule has 0 amide bonds. The van der Waals surface area contributed by atoms with Gasteiger partial charge in [0.05, 0.1) is 14.2 Å². The molecule has 4 heteroatoms. The summed E-state index contributed by atoms with van der Waals surface area (Å²) in [4.78, 5) is 0. The minimum atomic E-state index is -0.304. The van der Waals surface area contributed by atoms with Gasteiger partial charge in [0.1, 0.15) is 5.82 Å². The highest BCUT2D eigenvalue weighted by atomic mass is 19.1. The Hall–Kier alpha value is -2.07. The summed E-state index contributed by atoms with van der Waals surface area (Å²) in [6.07, 6.45) is 0.434.